The number of rotatable bonds is 2. The van der Waals surface area contributed by atoms with Gasteiger partial charge in [0.2, 0.25) is 0 Å². The first-order chi connectivity index (χ1) is 6.63. The Labute approximate surface area is 98.0 Å². The second-order valence-electron chi connectivity index (χ2n) is 2.81. The van der Waals surface area contributed by atoms with Crippen LogP contribution < -0.4 is 0 Å². The Bertz CT molecular complexity index is 354. The molecule has 0 bridgehead atoms. The highest BCUT2D eigenvalue weighted by Gasteiger charge is 1.99. The van der Waals surface area contributed by atoms with Gasteiger partial charge in [-0.1, -0.05) is 42.0 Å². The lowest BCUT2D eigenvalue weighted by Gasteiger charge is -2.00. The smallest absolute Gasteiger partial charge is 0.124 e. The predicted molar refractivity (Wildman–Crippen MR) is 71.0 cm³/mol. The highest BCUT2D eigenvalue weighted by Crippen LogP contribution is 2.16. The Morgan fingerprint density at radius 1 is 1.43 bits per heavy atom. The molecule has 0 aliphatic rings. The minimum Gasteiger partial charge on any atom is -0.507 e. The van der Waals surface area contributed by atoms with Gasteiger partial charge in [-0.3, -0.25) is 0 Å². The van der Waals surface area contributed by atoms with Gasteiger partial charge in [0, 0.05) is 11.6 Å². The SMILES string of the molecule is Cc1ccc(/C(O)=C/C(=S)SS)cc1. The summed E-state index contributed by atoms with van der Waals surface area (Å²) < 4.78 is 0.548. The highest BCUT2D eigenvalue weighted by atomic mass is 33.1. The second-order valence-corrected chi connectivity index (χ2v) is 4.67. The first-order valence-electron chi connectivity index (χ1n) is 3.96. The average molecular weight is 242 g/mol. The van der Waals surface area contributed by atoms with Crippen LogP contribution >= 0.6 is 34.7 Å². The van der Waals surface area contributed by atoms with Gasteiger partial charge in [0.15, 0.2) is 0 Å². The van der Waals surface area contributed by atoms with Crippen LogP contribution in [0, 0.1) is 6.92 Å². The van der Waals surface area contributed by atoms with Crippen LogP contribution in [0.15, 0.2) is 30.3 Å². The molecule has 0 aliphatic heterocycles. The van der Waals surface area contributed by atoms with Crippen LogP contribution in [0.1, 0.15) is 11.1 Å². The Kier molecular flexibility index (Phi) is 4.51. The van der Waals surface area contributed by atoms with Gasteiger partial charge >= 0.3 is 0 Å². The summed E-state index contributed by atoms with van der Waals surface area (Å²) in [5.74, 6) is 0.177. The van der Waals surface area contributed by atoms with Gasteiger partial charge in [-0.05, 0) is 17.7 Å². The van der Waals surface area contributed by atoms with Crippen molar-refractivity contribution in [3.8, 4) is 0 Å². The van der Waals surface area contributed by atoms with E-state index in [-0.39, 0.29) is 5.76 Å². The minimum absolute atomic E-state index is 0.177. The van der Waals surface area contributed by atoms with E-state index in [1.165, 1.54) is 6.08 Å². The van der Waals surface area contributed by atoms with Crippen molar-refractivity contribution in [2.75, 3.05) is 0 Å². The molecule has 1 aromatic rings. The Morgan fingerprint density at radius 2 is 2.00 bits per heavy atom. The normalized spacial score (nSPS) is 11.4. The number of benzene rings is 1. The van der Waals surface area contributed by atoms with E-state index < -0.39 is 0 Å². The van der Waals surface area contributed by atoms with Crippen LogP contribution in [0.4, 0.5) is 0 Å². The van der Waals surface area contributed by atoms with E-state index >= 15 is 0 Å². The Hall–Kier alpha value is -0.450. The van der Waals surface area contributed by atoms with Gasteiger partial charge in [-0.25, -0.2) is 0 Å². The molecule has 0 aromatic heterocycles. The summed E-state index contributed by atoms with van der Waals surface area (Å²) >= 11 is 8.85. The lowest BCUT2D eigenvalue weighted by molar-refractivity contribution is 0.512. The number of hydrogen-bond donors (Lipinski definition) is 2. The maximum atomic E-state index is 9.64. The third-order valence-electron chi connectivity index (χ3n) is 1.69. The molecule has 0 saturated carbocycles. The molecular weight excluding hydrogens is 232 g/mol. The van der Waals surface area contributed by atoms with Gasteiger partial charge < -0.3 is 5.11 Å². The number of aryl methyl sites for hydroxylation is 1. The molecule has 74 valence electrons. The molecule has 0 fully saturated rings. The lowest BCUT2D eigenvalue weighted by Crippen LogP contribution is -1.86. The van der Waals surface area contributed by atoms with Crippen molar-refractivity contribution in [2.45, 2.75) is 6.92 Å². The van der Waals surface area contributed by atoms with Gasteiger partial charge in [0.25, 0.3) is 0 Å². The molecule has 1 N–H and O–H groups in total. The van der Waals surface area contributed by atoms with Crippen LogP contribution in [0.2, 0.25) is 0 Å². The summed E-state index contributed by atoms with van der Waals surface area (Å²) in [5.41, 5.74) is 1.92. The molecule has 14 heavy (non-hydrogen) atoms. The molecule has 1 rings (SSSR count). The monoisotopic (exact) mass is 242 g/mol. The molecule has 0 spiro atoms. The van der Waals surface area contributed by atoms with Crippen molar-refractivity contribution in [3.63, 3.8) is 0 Å². The summed E-state index contributed by atoms with van der Waals surface area (Å²) in [6.07, 6.45) is 1.53. The average Bonchev–Trinajstić information content (AvgIpc) is 2.18. The maximum absolute atomic E-state index is 9.64. The predicted octanol–water partition coefficient (Wildman–Crippen LogP) is 3.80. The summed E-state index contributed by atoms with van der Waals surface area (Å²) in [6.45, 7) is 2.00. The molecule has 0 heterocycles. The molecule has 0 atom stereocenters. The molecule has 0 aliphatic carbocycles. The summed E-state index contributed by atoms with van der Waals surface area (Å²) in [5, 5.41) is 9.64. The molecule has 0 radical (unpaired) electrons. The van der Waals surface area contributed by atoms with E-state index in [4.69, 9.17) is 12.2 Å². The topological polar surface area (TPSA) is 20.2 Å². The number of aliphatic hydroxyl groups is 1. The van der Waals surface area contributed by atoms with Crippen molar-refractivity contribution in [1.29, 1.82) is 0 Å². The zero-order chi connectivity index (χ0) is 10.6. The third-order valence-corrected chi connectivity index (χ3v) is 3.32. The molecule has 0 saturated heterocycles. The minimum atomic E-state index is 0.177. The highest BCUT2D eigenvalue weighted by molar-refractivity contribution is 8.76. The van der Waals surface area contributed by atoms with E-state index in [2.05, 4.69) is 11.7 Å². The first kappa shape index (κ1) is 11.6. The van der Waals surface area contributed by atoms with Gasteiger partial charge in [0.1, 0.15) is 5.76 Å². The zero-order valence-corrected chi connectivity index (χ0v) is 10.1. The number of hydrogen-bond acceptors (Lipinski definition) is 4. The van der Waals surface area contributed by atoms with Gasteiger partial charge in [-0.2, -0.15) is 0 Å². The molecule has 1 aromatic carbocycles. The van der Waals surface area contributed by atoms with E-state index in [0.717, 1.165) is 21.9 Å². The van der Waals surface area contributed by atoms with E-state index in [1.54, 1.807) is 0 Å². The molecule has 1 nitrogen and oxygen atoms in total. The maximum Gasteiger partial charge on any atom is 0.124 e. The van der Waals surface area contributed by atoms with Crippen molar-refractivity contribution in [2.24, 2.45) is 0 Å². The Morgan fingerprint density at radius 3 is 2.50 bits per heavy atom. The first-order valence-corrected chi connectivity index (χ1v) is 6.24. The molecular formula is C10H10OS3. The van der Waals surface area contributed by atoms with Crippen LogP contribution in [0.25, 0.3) is 5.76 Å². The van der Waals surface area contributed by atoms with Crippen molar-refractivity contribution in [1.82, 2.24) is 0 Å². The van der Waals surface area contributed by atoms with Crippen LogP contribution in [0.5, 0.6) is 0 Å². The third kappa shape index (κ3) is 3.36. The lowest BCUT2D eigenvalue weighted by atomic mass is 10.1. The summed E-state index contributed by atoms with van der Waals surface area (Å²) in [7, 11) is 1.14. The van der Waals surface area contributed by atoms with Crippen molar-refractivity contribution in [3.05, 3.63) is 41.5 Å². The quantitative estimate of drug-likeness (QED) is 0.271. The summed E-state index contributed by atoms with van der Waals surface area (Å²) in [4.78, 5) is 0. The Balaban J connectivity index is 2.89. The van der Waals surface area contributed by atoms with Crippen LogP contribution in [0.3, 0.4) is 0 Å². The van der Waals surface area contributed by atoms with Crippen molar-refractivity contribution < 1.29 is 5.11 Å². The fraction of sp³-hybridized carbons (Fsp3) is 0.100. The fourth-order valence-electron chi connectivity index (χ4n) is 0.946. The van der Waals surface area contributed by atoms with E-state index in [0.29, 0.717) is 4.20 Å². The second kappa shape index (κ2) is 5.44. The zero-order valence-electron chi connectivity index (χ0n) is 7.60. The van der Waals surface area contributed by atoms with Crippen LogP contribution in [-0.2, 0) is 0 Å². The standard InChI is InChI=1S/C10H10OS3/c1-7-2-4-8(5-3-7)9(11)6-10(12)14-13/h2-6,11,13H,1H3/b9-6-. The molecule has 0 unspecified atom stereocenters. The van der Waals surface area contributed by atoms with Gasteiger partial charge in [-0.15, -0.1) is 11.7 Å². The number of thiol groups is 1. The van der Waals surface area contributed by atoms with E-state index in [1.807, 2.05) is 31.2 Å². The van der Waals surface area contributed by atoms with Crippen molar-refractivity contribution >= 4 is 44.6 Å². The van der Waals surface area contributed by atoms with E-state index in [9.17, 15) is 5.11 Å². The number of thiocarbonyl (C=S) groups is 1. The molecule has 4 heteroatoms. The molecule has 0 amide bonds. The summed E-state index contributed by atoms with van der Waals surface area (Å²) in [6, 6.07) is 7.59. The fourth-order valence-corrected chi connectivity index (χ4v) is 1.38. The largest absolute Gasteiger partial charge is 0.507 e. The van der Waals surface area contributed by atoms with Crippen LogP contribution in [-0.4, -0.2) is 9.30 Å². The van der Waals surface area contributed by atoms with Gasteiger partial charge in [0.05, 0.1) is 4.20 Å². The number of aliphatic hydroxyl groups excluding tert-OH is 1.